The van der Waals surface area contributed by atoms with E-state index in [1.165, 1.54) is 0 Å². The molecular weight excluding hydrogens is 164 g/mol. The molecule has 1 rings (SSSR count). The maximum Gasteiger partial charge on any atom is 0.138 e. The summed E-state index contributed by atoms with van der Waals surface area (Å²) in [5, 5.41) is 0. The zero-order valence-corrected chi connectivity index (χ0v) is 7.79. The number of nitrogen functional groups attached to an aromatic ring is 1. The van der Waals surface area contributed by atoms with E-state index in [1.54, 1.807) is 6.07 Å². The molecule has 0 bridgehead atoms. The number of hydrogen-bond donors (Lipinski definition) is 1. The second-order valence-corrected chi connectivity index (χ2v) is 3.02. The Kier molecular flexibility index (Phi) is 3.43. The van der Waals surface area contributed by atoms with Gasteiger partial charge in [0, 0.05) is 12.8 Å². The Morgan fingerprint density at radius 3 is 2.92 bits per heavy atom. The average Bonchev–Trinajstić information content (AvgIpc) is 2.04. The van der Waals surface area contributed by atoms with E-state index in [4.69, 9.17) is 5.73 Å². The zero-order chi connectivity index (χ0) is 9.68. The standard InChI is InChI=1S/C10H14N2O/c1-2-4-9(13)7-8-5-3-6-10(11)12-8/h3,5-6H,2,4,7H2,1H3,(H2,11,12). The zero-order valence-electron chi connectivity index (χ0n) is 7.79. The van der Waals surface area contributed by atoms with E-state index in [0.717, 1.165) is 12.1 Å². The number of nitrogens with zero attached hydrogens (tertiary/aromatic N) is 1. The molecule has 0 radical (unpaired) electrons. The summed E-state index contributed by atoms with van der Waals surface area (Å²) < 4.78 is 0. The van der Waals surface area contributed by atoms with Crippen molar-refractivity contribution in [3.8, 4) is 0 Å². The van der Waals surface area contributed by atoms with Crippen LogP contribution in [0.4, 0.5) is 5.82 Å². The third-order valence-corrected chi connectivity index (χ3v) is 1.74. The minimum atomic E-state index is 0.223. The van der Waals surface area contributed by atoms with Crippen LogP contribution in [0.5, 0.6) is 0 Å². The van der Waals surface area contributed by atoms with Gasteiger partial charge in [-0.2, -0.15) is 0 Å². The summed E-state index contributed by atoms with van der Waals surface area (Å²) in [7, 11) is 0. The second kappa shape index (κ2) is 4.60. The maximum absolute atomic E-state index is 11.2. The molecule has 1 heterocycles. The number of rotatable bonds is 4. The van der Waals surface area contributed by atoms with Crippen LogP contribution in [0.25, 0.3) is 0 Å². The summed E-state index contributed by atoms with van der Waals surface area (Å²) in [4.78, 5) is 15.3. The van der Waals surface area contributed by atoms with Crippen molar-refractivity contribution in [3.05, 3.63) is 23.9 Å². The number of ketones is 1. The van der Waals surface area contributed by atoms with Gasteiger partial charge in [0.05, 0.1) is 5.69 Å². The van der Waals surface area contributed by atoms with Gasteiger partial charge in [-0.25, -0.2) is 4.98 Å². The summed E-state index contributed by atoms with van der Waals surface area (Å²) in [6.07, 6.45) is 1.91. The van der Waals surface area contributed by atoms with Crippen LogP contribution in [0, 0.1) is 0 Å². The van der Waals surface area contributed by atoms with Gasteiger partial charge < -0.3 is 5.73 Å². The van der Waals surface area contributed by atoms with Crippen molar-refractivity contribution in [2.45, 2.75) is 26.2 Å². The molecule has 0 amide bonds. The van der Waals surface area contributed by atoms with Crippen LogP contribution in [0.2, 0.25) is 0 Å². The first kappa shape index (κ1) is 9.71. The molecule has 0 spiro atoms. The normalized spacial score (nSPS) is 9.92. The van der Waals surface area contributed by atoms with Gasteiger partial charge in [0.1, 0.15) is 11.6 Å². The van der Waals surface area contributed by atoms with Gasteiger partial charge in [-0.05, 0) is 18.6 Å². The molecular formula is C10H14N2O. The average molecular weight is 178 g/mol. The number of nitrogens with two attached hydrogens (primary N) is 1. The lowest BCUT2D eigenvalue weighted by atomic mass is 10.1. The van der Waals surface area contributed by atoms with E-state index in [9.17, 15) is 4.79 Å². The Morgan fingerprint density at radius 1 is 1.54 bits per heavy atom. The first-order valence-electron chi connectivity index (χ1n) is 4.45. The first-order chi connectivity index (χ1) is 6.22. The Hall–Kier alpha value is -1.38. The summed E-state index contributed by atoms with van der Waals surface area (Å²) in [5.41, 5.74) is 6.25. The number of carbonyl (C=O) groups is 1. The van der Waals surface area contributed by atoms with E-state index in [1.807, 2.05) is 19.1 Å². The van der Waals surface area contributed by atoms with Crippen LogP contribution in [0.3, 0.4) is 0 Å². The molecule has 0 unspecified atom stereocenters. The molecule has 3 nitrogen and oxygen atoms in total. The lowest BCUT2D eigenvalue weighted by molar-refractivity contribution is -0.118. The third kappa shape index (κ3) is 3.23. The Balaban J connectivity index is 2.58. The Morgan fingerprint density at radius 2 is 2.31 bits per heavy atom. The number of hydrogen-bond acceptors (Lipinski definition) is 3. The number of carbonyl (C=O) groups excluding carboxylic acids is 1. The molecule has 1 aromatic rings. The van der Waals surface area contributed by atoms with Crippen molar-refractivity contribution in [2.24, 2.45) is 0 Å². The largest absolute Gasteiger partial charge is 0.384 e. The minimum Gasteiger partial charge on any atom is -0.384 e. The molecule has 1 aromatic heterocycles. The van der Waals surface area contributed by atoms with Crippen molar-refractivity contribution in [1.82, 2.24) is 4.98 Å². The topological polar surface area (TPSA) is 56.0 Å². The lowest BCUT2D eigenvalue weighted by Crippen LogP contribution is -2.04. The van der Waals surface area contributed by atoms with Gasteiger partial charge in [0.2, 0.25) is 0 Å². The number of pyridine rings is 1. The van der Waals surface area contributed by atoms with Crippen molar-refractivity contribution in [1.29, 1.82) is 0 Å². The molecule has 0 aliphatic rings. The molecule has 0 saturated carbocycles. The van der Waals surface area contributed by atoms with E-state index in [2.05, 4.69) is 4.98 Å². The van der Waals surface area contributed by atoms with Gasteiger partial charge in [0.15, 0.2) is 0 Å². The van der Waals surface area contributed by atoms with Gasteiger partial charge in [0.25, 0.3) is 0 Å². The van der Waals surface area contributed by atoms with Crippen LogP contribution < -0.4 is 5.73 Å². The monoisotopic (exact) mass is 178 g/mol. The van der Waals surface area contributed by atoms with Gasteiger partial charge in [-0.1, -0.05) is 13.0 Å². The van der Waals surface area contributed by atoms with Crippen molar-refractivity contribution >= 4 is 11.6 Å². The SMILES string of the molecule is CCCC(=O)Cc1cccc(N)n1. The Labute approximate surface area is 78.0 Å². The fourth-order valence-electron chi connectivity index (χ4n) is 1.17. The predicted molar refractivity (Wildman–Crippen MR) is 52.3 cm³/mol. The molecule has 0 aromatic carbocycles. The molecule has 0 atom stereocenters. The highest BCUT2D eigenvalue weighted by Gasteiger charge is 2.03. The number of Topliss-reactive ketones (excluding diaryl/α,β-unsaturated/α-hetero) is 1. The molecule has 0 aliphatic heterocycles. The highest BCUT2D eigenvalue weighted by molar-refractivity contribution is 5.80. The minimum absolute atomic E-state index is 0.223. The van der Waals surface area contributed by atoms with Crippen LogP contribution in [0.15, 0.2) is 18.2 Å². The van der Waals surface area contributed by atoms with Crippen LogP contribution in [-0.4, -0.2) is 10.8 Å². The van der Waals surface area contributed by atoms with Gasteiger partial charge >= 0.3 is 0 Å². The quantitative estimate of drug-likeness (QED) is 0.761. The summed E-state index contributed by atoms with van der Waals surface area (Å²) in [6, 6.07) is 5.36. The van der Waals surface area contributed by atoms with Crippen molar-refractivity contribution in [2.75, 3.05) is 5.73 Å². The molecule has 0 saturated heterocycles. The Bertz CT molecular complexity index is 297. The fraction of sp³-hybridized carbons (Fsp3) is 0.400. The number of aromatic nitrogens is 1. The van der Waals surface area contributed by atoms with E-state index in [-0.39, 0.29) is 5.78 Å². The second-order valence-electron chi connectivity index (χ2n) is 3.02. The van der Waals surface area contributed by atoms with Crippen molar-refractivity contribution < 1.29 is 4.79 Å². The van der Waals surface area contributed by atoms with E-state index < -0.39 is 0 Å². The van der Waals surface area contributed by atoms with Gasteiger partial charge in [-0.3, -0.25) is 4.79 Å². The van der Waals surface area contributed by atoms with Crippen molar-refractivity contribution in [3.63, 3.8) is 0 Å². The first-order valence-corrected chi connectivity index (χ1v) is 4.45. The summed E-state index contributed by atoms with van der Waals surface area (Å²) in [6.45, 7) is 1.99. The van der Waals surface area contributed by atoms with E-state index >= 15 is 0 Å². The molecule has 0 aliphatic carbocycles. The lowest BCUT2D eigenvalue weighted by Gasteiger charge is -1.99. The highest BCUT2D eigenvalue weighted by Crippen LogP contribution is 2.03. The third-order valence-electron chi connectivity index (χ3n) is 1.74. The van der Waals surface area contributed by atoms with Crippen LogP contribution in [0.1, 0.15) is 25.5 Å². The molecule has 2 N–H and O–H groups in total. The van der Waals surface area contributed by atoms with Gasteiger partial charge in [-0.15, -0.1) is 0 Å². The highest BCUT2D eigenvalue weighted by atomic mass is 16.1. The predicted octanol–water partition coefficient (Wildman–Crippen LogP) is 1.58. The molecule has 13 heavy (non-hydrogen) atoms. The smallest absolute Gasteiger partial charge is 0.138 e. The molecule has 3 heteroatoms. The van der Waals surface area contributed by atoms with Crippen LogP contribution in [-0.2, 0) is 11.2 Å². The van der Waals surface area contributed by atoms with E-state index in [0.29, 0.717) is 18.7 Å². The summed E-state index contributed by atoms with van der Waals surface area (Å²) in [5.74, 6) is 0.697. The summed E-state index contributed by atoms with van der Waals surface area (Å²) >= 11 is 0. The van der Waals surface area contributed by atoms with Crippen LogP contribution >= 0.6 is 0 Å². The molecule has 0 fully saturated rings. The molecule has 70 valence electrons. The number of anilines is 1. The fourth-order valence-corrected chi connectivity index (χ4v) is 1.17. The maximum atomic E-state index is 11.2.